The number of hydrogen-bond donors (Lipinski definition) is 4. The third kappa shape index (κ3) is 10.0. The molecule has 2 aromatic carbocycles. The number of aliphatic hydroxyl groups is 1. The monoisotopic (exact) mass is 667 g/mol. The summed E-state index contributed by atoms with van der Waals surface area (Å²) in [6.45, 7) is 7.46. The fourth-order valence-corrected chi connectivity index (χ4v) is 7.88. The zero-order valence-electron chi connectivity index (χ0n) is 24.2. The number of nitrogens with one attached hydrogen (secondary N) is 3. The molecular formula is C27H40F3N5O5S3. The van der Waals surface area contributed by atoms with Gasteiger partial charge in [-0.05, 0) is 50.2 Å². The summed E-state index contributed by atoms with van der Waals surface area (Å²) in [5.74, 6) is 0.385. The lowest BCUT2D eigenvalue weighted by atomic mass is 10.2. The van der Waals surface area contributed by atoms with Crippen molar-refractivity contribution in [2.24, 2.45) is 0 Å². The highest BCUT2D eigenvalue weighted by Crippen LogP contribution is 2.36. The van der Waals surface area contributed by atoms with Gasteiger partial charge in [-0.1, -0.05) is 25.1 Å². The third-order valence-corrected chi connectivity index (χ3v) is 11.3. The largest absolute Gasteiger partial charge is 0.501 e. The Bertz CT molecular complexity index is 1380. The van der Waals surface area contributed by atoms with E-state index in [1.165, 1.54) is 11.8 Å². The molecule has 1 saturated heterocycles. The van der Waals surface area contributed by atoms with Gasteiger partial charge in [-0.25, -0.2) is 16.8 Å². The van der Waals surface area contributed by atoms with Gasteiger partial charge in [0.25, 0.3) is 9.84 Å². The molecule has 3 rings (SSSR count). The van der Waals surface area contributed by atoms with Crippen molar-refractivity contribution in [2.45, 2.75) is 52.7 Å². The van der Waals surface area contributed by atoms with Crippen LogP contribution >= 0.6 is 11.8 Å². The van der Waals surface area contributed by atoms with Crippen molar-refractivity contribution in [3.05, 3.63) is 48.5 Å². The molecule has 16 heteroatoms. The molecule has 10 nitrogen and oxygen atoms in total. The van der Waals surface area contributed by atoms with Crippen LogP contribution in [0.5, 0.6) is 0 Å². The number of thioether (sulfide) groups is 1. The Morgan fingerprint density at radius 2 is 1.74 bits per heavy atom. The number of hydrogen-bond acceptors (Lipinski definition) is 10. The Labute approximate surface area is 256 Å². The molecule has 2 aromatic rings. The number of rotatable bonds is 16. The van der Waals surface area contributed by atoms with E-state index < -0.39 is 47.4 Å². The first kappa shape index (κ1) is 35.6. The van der Waals surface area contributed by atoms with E-state index in [2.05, 4.69) is 15.4 Å². The van der Waals surface area contributed by atoms with E-state index in [0.717, 1.165) is 17.0 Å². The molecule has 0 spiro atoms. The first-order valence-corrected chi connectivity index (χ1v) is 17.9. The number of halogens is 3. The lowest BCUT2D eigenvalue weighted by Crippen LogP contribution is -2.53. The number of piperazine rings is 1. The van der Waals surface area contributed by atoms with Gasteiger partial charge in [0.1, 0.15) is 4.90 Å². The number of anilines is 1. The van der Waals surface area contributed by atoms with E-state index in [9.17, 15) is 35.1 Å². The lowest BCUT2D eigenvalue weighted by molar-refractivity contribution is -0.0435. The van der Waals surface area contributed by atoms with Gasteiger partial charge >= 0.3 is 5.51 Å². The molecule has 0 amide bonds. The average molecular weight is 668 g/mol. The van der Waals surface area contributed by atoms with Gasteiger partial charge in [0.05, 0.1) is 23.4 Å². The minimum atomic E-state index is -5.92. The molecule has 242 valence electrons. The van der Waals surface area contributed by atoms with Crippen LogP contribution in [0.4, 0.5) is 18.9 Å². The van der Waals surface area contributed by atoms with Crippen molar-refractivity contribution in [1.82, 2.24) is 19.8 Å². The Morgan fingerprint density at radius 3 is 2.35 bits per heavy atom. The van der Waals surface area contributed by atoms with Gasteiger partial charge in [-0.15, -0.1) is 11.8 Å². The van der Waals surface area contributed by atoms with Crippen molar-refractivity contribution in [2.75, 3.05) is 63.5 Å². The summed E-state index contributed by atoms with van der Waals surface area (Å²) in [4.78, 5) is 3.01. The zero-order valence-corrected chi connectivity index (χ0v) is 26.6. The van der Waals surface area contributed by atoms with Crippen LogP contribution in [0.3, 0.4) is 0 Å². The maximum atomic E-state index is 13.8. The Kier molecular flexibility index (Phi) is 13.1. The highest BCUT2D eigenvalue weighted by molar-refractivity contribution is 7.99. The normalized spacial score (nSPS) is 16.7. The predicted octanol–water partition coefficient (Wildman–Crippen LogP) is 2.79. The Balaban J connectivity index is 1.94. The molecule has 4 N–H and O–H groups in total. The highest BCUT2D eigenvalue weighted by Gasteiger charge is 2.48. The maximum absolute atomic E-state index is 13.8. The number of alkyl halides is 3. The number of nitrogens with zero attached hydrogens (tertiary/aromatic N) is 2. The number of likely N-dealkylation sites (N-methyl/N-ethyl adjacent to an activating group) is 1. The molecule has 0 bridgehead atoms. The van der Waals surface area contributed by atoms with Crippen LogP contribution in [-0.2, 0) is 19.9 Å². The first-order valence-electron chi connectivity index (χ1n) is 14.0. The number of sulfonamides is 1. The topological polar surface area (TPSA) is 131 Å². The lowest BCUT2D eigenvalue weighted by Gasteiger charge is -2.33. The second-order valence-corrected chi connectivity index (χ2v) is 14.8. The molecule has 0 aromatic heterocycles. The van der Waals surface area contributed by atoms with Gasteiger partial charge in [-0.3, -0.25) is 4.90 Å². The van der Waals surface area contributed by atoms with Crippen LogP contribution in [-0.4, -0.2) is 108 Å². The molecule has 1 heterocycles. The molecule has 0 saturated carbocycles. The molecule has 1 aliphatic rings. The van der Waals surface area contributed by atoms with Crippen LogP contribution in [0.1, 0.15) is 20.3 Å². The number of benzene rings is 2. The van der Waals surface area contributed by atoms with Crippen molar-refractivity contribution >= 4 is 37.3 Å². The smallest absolute Gasteiger partial charge is 0.395 e. The summed E-state index contributed by atoms with van der Waals surface area (Å²) in [6.07, 6.45) is -0.240. The fraction of sp³-hybridized carbons (Fsp3) is 0.556. The van der Waals surface area contributed by atoms with Gasteiger partial charge in [0.2, 0.25) is 10.0 Å². The number of sulfone groups is 1. The summed E-state index contributed by atoms with van der Waals surface area (Å²) in [5.41, 5.74) is -5.99. The minimum Gasteiger partial charge on any atom is -0.395 e. The van der Waals surface area contributed by atoms with Crippen molar-refractivity contribution in [3.8, 4) is 0 Å². The summed E-state index contributed by atoms with van der Waals surface area (Å²) in [6, 6.07) is 11.6. The number of aliphatic hydroxyl groups excluding tert-OH is 1. The van der Waals surface area contributed by atoms with Gasteiger partial charge in [0.15, 0.2) is 0 Å². The molecule has 43 heavy (non-hydrogen) atoms. The van der Waals surface area contributed by atoms with Crippen LogP contribution in [0.25, 0.3) is 0 Å². The van der Waals surface area contributed by atoms with Crippen LogP contribution in [0.15, 0.2) is 63.2 Å². The van der Waals surface area contributed by atoms with Crippen molar-refractivity contribution in [1.29, 1.82) is 0 Å². The molecule has 0 radical (unpaired) electrons. The Morgan fingerprint density at radius 1 is 1.07 bits per heavy atom. The van der Waals surface area contributed by atoms with E-state index in [4.69, 9.17) is 0 Å². The summed E-state index contributed by atoms with van der Waals surface area (Å²) >= 11 is 1.45. The molecule has 0 aliphatic carbocycles. The van der Waals surface area contributed by atoms with Crippen LogP contribution in [0.2, 0.25) is 0 Å². The van der Waals surface area contributed by atoms with Gasteiger partial charge in [-0.2, -0.15) is 17.9 Å². The predicted molar refractivity (Wildman–Crippen MR) is 162 cm³/mol. The standard InChI is InChI=1S/C27H40F3N5O5S3/c1-3-34(17-18-36)14-11-22(20-41-23-7-5-4-6-8-23)32-25-10-9-24(19-26(25)42(37,38)27(28,29)30)43(39,40)33-21(2)35-15-12-31-13-16-35/h4-10,19,21-22,31-33,36H,3,11-18,20H2,1-2H3/t21?,22-/m1/s1. The summed E-state index contributed by atoms with van der Waals surface area (Å²) in [7, 11) is -10.3. The molecule has 1 fully saturated rings. The van der Waals surface area contributed by atoms with Crippen LogP contribution in [0, 0.1) is 0 Å². The highest BCUT2D eigenvalue weighted by atomic mass is 32.2. The molecular weight excluding hydrogens is 628 g/mol. The fourth-order valence-electron chi connectivity index (χ4n) is 4.61. The van der Waals surface area contributed by atoms with Crippen LogP contribution < -0.4 is 15.4 Å². The summed E-state index contributed by atoms with van der Waals surface area (Å²) in [5, 5.41) is 15.5. The average Bonchev–Trinajstić information content (AvgIpc) is 2.98. The quantitative estimate of drug-likeness (QED) is 0.198. The molecule has 1 unspecified atom stereocenters. The summed E-state index contributed by atoms with van der Waals surface area (Å²) < 4.78 is 95.9. The second-order valence-electron chi connectivity index (χ2n) is 10.1. The molecule has 1 aliphatic heterocycles. The van der Waals surface area contributed by atoms with E-state index in [1.54, 1.807) is 6.92 Å². The van der Waals surface area contributed by atoms with Gasteiger partial charge < -0.3 is 20.6 Å². The van der Waals surface area contributed by atoms with E-state index in [0.29, 0.717) is 64.1 Å². The van der Waals surface area contributed by atoms with E-state index in [-0.39, 0.29) is 12.3 Å². The molecule has 2 atom stereocenters. The van der Waals surface area contributed by atoms with E-state index in [1.807, 2.05) is 47.1 Å². The zero-order chi connectivity index (χ0) is 31.7. The van der Waals surface area contributed by atoms with Gasteiger partial charge in [0, 0.05) is 56.0 Å². The Hall–Kier alpha value is -1.92. The maximum Gasteiger partial charge on any atom is 0.501 e. The van der Waals surface area contributed by atoms with E-state index >= 15 is 0 Å². The third-order valence-electron chi connectivity index (χ3n) is 7.09. The first-order chi connectivity index (χ1) is 20.3. The second kappa shape index (κ2) is 15.9. The van der Waals surface area contributed by atoms with Crippen molar-refractivity contribution < 1.29 is 35.1 Å². The SMILES string of the molecule is CCN(CCO)CC[C@H](CSc1ccccc1)Nc1ccc(S(=O)(=O)NC(C)N2CCNCC2)cc1S(=O)(=O)C(F)(F)F. The van der Waals surface area contributed by atoms with Crippen molar-refractivity contribution in [3.63, 3.8) is 0 Å². The minimum absolute atomic E-state index is 0.0596.